The fraction of sp³-hybridized carbons (Fsp3) is 0.211. The van der Waals surface area contributed by atoms with Gasteiger partial charge in [-0.25, -0.2) is 4.68 Å². The molecule has 0 aliphatic heterocycles. The van der Waals surface area contributed by atoms with E-state index in [1.54, 1.807) is 11.8 Å². The molecule has 8 heteroatoms. The maximum atomic E-state index is 12.1. The van der Waals surface area contributed by atoms with Gasteiger partial charge in [0.05, 0.1) is 18.6 Å². The second-order valence-electron chi connectivity index (χ2n) is 5.75. The van der Waals surface area contributed by atoms with Crippen LogP contribution in [0, 0.1) is 10.9 Å². The van der Waals surface area contributed by atoms with Gasteiger partial charge < -0.3 is 10.1 Å². The summed E-state index contributed by atoms with van der Waals surface area (Å²) in [4.78, 5) is 12.1. The molecule has 0 saturated heterocycles. The third-order valence-corrected chi connectivity index (χ3v) is 6.21. The summed E-state index contributed by atoms with van der Waals surface area (Å²) in [6.45, 7) is 2.51. The first-order chi connectivity index (χ1) is 13.1. The molecule has 0 fully saturated rings. The van der Waals surface area contributed by atoms with Crippen LogP contribution >= 0.6 is 35.3 Å². The number of methoxy groups -OCH3 is 1. The highest BCUT2D eigenvalue weighted by molar-refractivity contribution is 8.01. The van der Waals surface area contributed by atoms with Crippen molar-refractivity contribution in [3.05, 3.63) is 63.6 Å². The Hall–Kier alpha value is -2.16. The first-order valence-electron chi connectivity index (χ1n) is 8.25. The molecule has 0 aliphatic rings. The number of benzene rings is 2. The second kappa shape index (κ2) is 9.16. The van der Waals surface area contributed by atoms with Gasteiger partial charge in [-0.05, 0) is 48.5 Å². The molecule has 3 rings (SSSR count). The van der Waals surface area contributed by atoms with Crippen LogP contribution in [-0.2, 0) is 11.3 Å². The van der Waals surface area contributed by atoms with Crippen LogP contribution in [0.25, 0.3) is 5.69 Å². The lowest BCUT2D eigenvalue weighted by molar-refractivity contribution is -0.118. The lowest BCUT2D eigenvalue weighted by Gasteiger charge is -2.06. The number of para-hydroxylation sites is 1. The molecule has 0 radical (unpaired) electrons. The highest BCUT2D eigenvalue weighted by atomic mass is 32.2. The topological polar surface area (TPSA) is 56.1 Å². The number of nitrogens with one attached hydrogen (secondary N) is 1. The first-order valence-corrected chi connectivity index (χ1v) is 10.5. The van der Waals surface area contributed by atoms with Crippen molar-refractivity contribution in [2.75, 3.05) is 12.9 Å². The first kappa shape index (κ1) is 19.6. The average Bonchev–Trinajstić information content (AvgIpc) is 3.06. The van der Waals surface area contributed by atoms with Gasteiger partial charge in [-0.3, -0.25) is 4.79 Å². The van der Waals surface area contributed by atoms with Crippen molar-refractivity contribution in [2.24, 2.45) is 0 Å². The molecule has 0 aliphatic carbocycles. The summed E-state index contributed by atoms with van der Waals surface area (Å²) in [6.07, 6.45) is 0. The number of carbonyl (C=O) groups is 1. The summed E-state index contributed by atoms with van der Waals surface area (Å²) in [5, 5.41) is 7.46. The molecule has 1 aromatic heterocycles. The van der Waals surface area contributed by atoms with Crippen molar-refractivity contribution < 1.29 is 9.53 Å². The summed E-state index contributed by atoms with van der Waals surface area (Å²) in [5.41, 5.74) is 3.09. The number of nitrogens with zero attached hydrogens (tertiary/aromatic N) is 2. The van der Waals surface area contributed by atoms with Gasteiger partial charge in [0.25, 0.3) is 0 Å². The zero-order valence-corrected chi connectivity index (χ0v) is 17.4. The number of amides is 1. The van der Waals surface area contributed by atoms with Crippen molar-refractivity contribution in [3.63, 3.8) is 0 Å². The molecule has 1 amide bonds. The Morgan fingerprint density at radius 2 is 2.00 bits per heavy atom. The number of aromatic nitrogens is 2. The predicted octanol–water partition coefficient (Wildman–Crippen LogP) is 4.39. The Kier molecular flexibility index (Phi) is 6.65. The number of carbonyl (C=O) groups excluding carboxylic acids is 1. The maximum absolute atomic E-state index is 12.1. The van der Waals surface area contributed by atoms with E-state index in [0.29, 0.717) is 16.3 Å². The SMILES string of the molecule is COc1ccc(CNC(=O)CSc2nn(-c3ccccc3C)c(=S)s2)cc1. The molecule has 0 bridgehead atoms. The largest absolute Gasteiger partial charge is 0.497 e. The molecule has 0 atom stereocenters. The normalized spacial score (nSPS) is 10.6. The minimum Gasteiger partial charge on any atom is -0.497 e. The second-order valence-corrected chi connectivity index (χ2v) is 8.59. The Balaban J connectivity index is 1.55. The third kappa shape index (κ3) is 5.18. The van der Waals surface area contributed by atoms with E-state index in [-0.39, 0.29) is 5.91 Å². The number of hydrogen-bond acceptors (Lipinski definition) is 6. The average molecular weight is 418 g/mol. The lowest BCUT2D eigenvalue weighted by Crippen LogP contribution is -2.24. The van der Waals surface area contributed by atoms with Gasteiger partial charge in [-0.1, -0.05) is 53.4 Å². The van der Waals surface area contributed by atoms with Crippen molar-refractivity contribution in [2.45, 2.75) is 17.8 Å². The summed E-state index contributed by atoms with van der Waals surface area (Å²) in [5.74, 6) is 1.05. The maximum Gasteiger partial charge on any atom is 0.230 e. The molecular formula is C19H19N3O2S3. The molecule has 1 N–H and O–H groups in total. The standard InChI is InChI=1S/C19H19N3O2S3/c1-13-5-3-4-6-16(13)22-19(25)27-18(21-22)26-12-17(23)20-11-14-7-9-15(24-2)10-8-14/h3-10H,11-12H2,1-2H3,(H,20,23). The molecule has 0 unspecified atom stereocenters. The van der Waals surface area contributed by atoms with E-state index in [1.165, 1.54) is 23.1 Å². The van der Waals surface area contributed by atoms with Crippen LogP contribution in [0.1, 0.15) is 11.1 Å². The van der Waals surface area contributed by atoms with Crippen LogP contribution in [0.4, 0.5) is 0 Å². The highest BCUT2D eigenvalue weighted by Gasteiger charge is 2.10. The van der Waals surface area contributed by atoms with Crippen LogP contribution in [0.2, 0.25) is 0 Å². The van der Waals surface area contributed by atoms with Gasteiger partial charge in [0.15, 0.2) is 8.29 Å². The van der Waals surface area contributed by atoms with Gasteiger partial charge in [0.1, 0.15) is 5.75 Å². The minimum absolute atomic E-state index is 0.0422. The summed E-state index contributed by atoms with van der Waals surface area (Å²) < 4.78 is 8.34. The monoisotopic (exact) mass is 417 g/mol. The highest BCUT2D eigenvalue weighted by Crippen LogP contribution is 2.25. The number of thioether (sulfide) groups is 1. The smallest absolute Gasteiger partial charge is 0.230 e. The molecule has 5 nitrogen and oxygen atoms in total. The third-order valence-electron chi connectivity index (χ3n) is 3.85. The lowest BCUT2D eigenvalue weighted by atomic mass is 10.2. The van der Waals surface area contributed by atoms with Crippen LogP contribution in [0.15, 0.2) is 52.9 Å². The zero-order valence-electron chi connectivity index (χ0n) is 15.0. The summed E-state index contributed by atoms with van der Waals surface area (Å²) >= 11 is 8.23. The van der Waals surface area contributed by atoms with Gasteiger partial charge in [-0.15, -0.1) is 5.10 Å². The van der Waals surface area contributed by atoms with Gasteiger partial charge in [0, 0.05) is 6.54 Å². The number of hydrogen-bond donors (Lipinski definition) is 1. The van der Waals surface area contributed by atoms with Crippen molar-refractivity contribution in [1.82, 2.24) is 15.1 Å². The van der Waals surface area contributed by atoms with E-state index in [9.17, 15) is 4.79 Å². The number of ether oxygens (including phenoxy) is 1. The Labute approximate surface area is 171 Å². The van der Waals surface area contributed by atoms with E-state index in [1.807, 2.05) is 55.5 Å². The molecule has 0 saturated carbocycles. The van der Waals surface area contributed by atoms with Crippen LogP contribution in [-0.4, -0.2) is 28.6 Å². The van der Waals surface area contributed by atoms with E-state index in [2.05, 4.69) is 10.4 Å². The van der Waals surface area contributed by atoms with Crippen molar-refractivity contribution >= 4 is 41.2 Å². The molecule has 140 valence electrons. The molecule has 0 spiro atoms. The van der Waals surface area contributed by atoms with Crippen LogP contribution < -0.4 is 10.1 Å². The fourth-order valence-corrected chi connectivity index (χ4v) is 4.57. The molecule has 27 heavy (non-hydrogen) atoms. The van der Waals surface area contributed by atoms with E-state index >= 15 is 0 Å². The summed E-state index contributed by atoms with van der Waals surface area (Å²) in [7, 11) is 1.63. The molecular weight excluding hydrogens is 398 g/mol. The van der Waals surface area contributed by atoms with Gasteiger partial charge >= 0.3 is 0 Å². The number of aryl methyl sites for hydroxylation is 1. The van der Waals surface area contributed by atoms with Gasteiger partial charge in [-0.2, -0.15) is 0 Å². The predicted molar refractivity (Wildman–Crippen MR) is 113 cm³/mol. The number of rotatable bonds is 7. The Bertz CT molecular complexity index is 980. The van der Waals surface area contributed by atoms with E-state index in [4.69, 9.17) is 17.0 Å². The molecule has 1 heterocycles. The van der Waals surface area contributed by atoms with Crippen molar-refractivity contribution in [3.8, 4) is 11.4 Å². The van der Waals surface area contributed by atoms with E-state index < -0.39 is 0 Å². The minimum atomic E-state index is -0.0422. The quantitative estimate of drug-likeness (QED) is 0.456. The van der Waals surface area contributed by atoms with Crippen molar-refractivity contribution in [1.29, 1.82) is 0 Å². The zero-order chi connectivity index (χ0) is 19.2. The van der Waals surface area contributed by atoms with Crippen LogP contribution in [0.5, 0.6) is 5.75 Å². The van der Waals surface area contributed by atoms with Gasteiger partial charge in [0.2, 0.25) is 5.91 Å². The molecule has 2 aromatic carbocycles. The Morgan fingerprint density at radius 3 is 2.70 bits per heavy atom. The fourth-order valence-electron chi connectivity index (χ4n) is 2.39. The molecule has 3 aromatic rings. The summed E-state index contributed by atoms with van der Waals surface area (Å²) in [6, 6.07) is 15.6. The van der Waals surface area contributed by atoms with E-state index in [0.717, 1.165) is 26.9 Å². The Morgan fingerprint density at radius 1 is 1.26 bits per heavy atom. The van der Waals surface area contributed by atoms with Crippen LogP contribution in [0.3, 0.4) is 0 Å².